The van der Waals surface area contributed by atoms with Gasteiger partial charge in [-0.05, 0) is 38.3 Å². The number of phenolic OH excluding ortho intramolecular Hbond substituents is 1. The van der Waals surface area contributed by atoms with Crippen LogP contribution in [0.5, 0.6) is 11.5 Å². The van der Waals surface area contributed by atoms with E-state index in [1.54, 1.807) is 45.9 Å². The molecule has 2 aromatic rings. The fourth-order valence-electron chi connectivity index (χ4n) is 2.22. The zero-order valence-electron chi connectivity index (χ0n) is 14.5. The van der Waals surface area contributed by atoms with Crippen LogP contribution in [0.3, 0.4) is 0 Å². The Morgan fingerprint density at radius 1 is 1.25 bits per heavy atom. The molecule has 0 fully saturated rings. The smallest absolute Gasteiger partial charge is 0.309 e. The van der Waals surface area contributed by atoms with Crippen LogP contribution in [-0.4, -0.2) is 29.6 Å². The molecular formula is C18H22O5S. The molecule has 0 amide bonds. The minimum absolute atomic E-state index is 0.0314. The molecule has 0 aliphatic rings. The molecule has 6 heteroatoms. The highest BCUT2D eigenvalue weighted by molar-refractivity contribution is 7.20. The molecule has 1 atom stereocenters. The van der Waals surface area contributed by atoms with E-state index < -0.39 is 11.5 Å². The number of ketones is 1. The second kappa shape index (κ2) is 6.81. The third-order valence-corrected chi connectivity index (χ3v) is 4.53. The first kappa shape index (κ1) is 18.3. The van der Waals surface area contributed by atoms with Crippen LogP contribution in [0.15, 0.2) is 18.2 Å². The van der Waals surface area contributed by atoms with Gasteiger partial charge >= 0.3 is 5.97 Å². The van der Waals surface area contributed by atoms with E-state index in [9.17, 15) is 14.7 Å². The van der Waals surface area contributed by atoms with Crippen molar-refractivity contribution in [1.82, 2.24) is 0 Å². The summed E-state index contributed by atoms with van der Waals surface area (Å²) in [5, 5.41) is 10.6. The van der Waals surface area contributed by atoms with Gasteiger partial charge in [0.05, 0.1) is 17.9 Å². The predicted octanol–water partition coefficient (Wildman–Crippen LogP) is 4.17. The van der Waals surface area contributed by atoms with E-state index in [1.165, 1.54) is 18.4 Å². The van der Waals surface area contributed by atoms with Crippen LogP contribution in [-0.2, 0) is 9.53 Å². The van der Waals surface area contributed by atoms with Crippen molar-refractivity contribution < 1.29 is 24.2 Å². The van der Waals surface area contributed by atoms with E-state index >= 15 is 0 Å². The number of benzene rings is 1. The molecule has 0 spiro atoms. The van der Waals surface area contributed by atoms with E-state index in [2.05, 4.69) is 0 Å². The Balaban J connectivity index is 2.15. The number of phenols is 1. The number of methoxy groups -OCH3 is 1. The van der Waals surface area contributed by atoms with Crippen LogP contribution in [0.25, 0.3) is 10.1 Å². The lowest BCUT2D eigenvalue weighted by Crippen LogP contribution is -2.28. The van der Waals surface area contributed by atoms with Gasteiger partial charge in [0.25, 0.3) is 0 Å². The van der Waals surface area contributed by atoms with Gasteiger partial charge in [-0.15, -0.1) is 11.3 Å². The largest absolute Gasteiger partial charge is 0.504 e. The van der Waals surface area contributed by atoms with Crippen LogP contribution < -0.4 is 4.74 Å². The number of carbonyl (C=O) groups excluding carboxylic acids is 2. The summed E-state index contributed by atoms with van der Waals surface area (Å²) < 4.78 is 11.2. The van der Waals surface area contributed by atoms with Crippen molar-refractivity contribution >= 4 is 33.2 Å². The first-order chi connectivity index (χ1) is 11.1. The van der Waals surface area contributed by atoms with E-state index in [0.717, 1.165) is 10.1 Å². The SMILES string of the molecule is COc1cc2sc(C(=O)C[C@H](C)C(=O)OC(C)(C)C)cc2cc1O. The Morgan fingerprint density at radius 3 is 2.50 bits per heavy atom. The normalized spacial score (nSPS) is 12.9. The highest BCUT2D eigenvalue weighted by atomic mass is 32.1. The number of hydrogen-bond donors (Lipinski definition) is 1. The molecule has 0 aliphatic carbocycles. The molecule has 1 aromatic carbocycles. The van der Waals surface area contributed by atoms with E-state index in [1.807, 2.05) is 0 Å². The van der Waals surface area contributed by atoms with Crippen LogP contribution in [0, 0.1) is 5.92 Å². The standard InChI is InChI=1S/C18H22O5S/c1-10(17(21)23-18(2,3)4)6-13(20)16-8-11-7-12(19)14(22-5)9-15(11)24-16/h7-10,19H,6H2,1-5H3/t10-/m0/s1. The lowest BCUT2D eigenvalue weighted by atomic mass is 10.0. The lowest BCUT2D eigenvalue weighted by Gasteiger charge is -2.21. The minimum Gasteiger partial charge on any atom is -0.504 e. The van der Waals surface area contributed by atoms with Crippen molar-refractivity contribution in [2.45, 2.75) is 39.7 Å². The molecule has 0 unspecified atom stereocenters. The molecule has 0 bridgehead atoms. The summed E-state index contributed by atoms with van der Waals surface area (Å²) in [5.41, 5.74) is -0.569. The Morgan fingerprint density at radius 2 is 1.92 bits per heavy atom. The summed E-state index contributed by atoms with van der Waals surface area (Å²) in [7, 11) is 1.48. The van der Waals surface area contributed by atoms with Gasteiger partial charge in [-0.2, -0.15) is 0 Å². The quantitative estimate of drug-likeness (QED) is 0.647. The number of Topliss-reactive ketones (excluding diaryl/α,β-unsaturated/α-hetero) is 1. The van der Waals surface area contributed by atoms with Gasteiger partial charge in [-0.3, -0.25) is 9.59 Å². The van der Waals surface area contributed by atoms with Gasteiger partial charge in [0, 0.05) is 17.2 Å². The summed E-state index contributed by atoms with van der Waals surface area (Å²) in [6.45, 7) is 7.08. The van der Waals surface area contributed by atoms with Crippen molar-refractivity contribution in [3.8, 4) is 11.5 Å². The van der Waals surface area contributed by atoms with E-state index in [-0.39, 0.29) is 23.9 Å². The highest BCUT2D eigenvalue weighted by Crippen LogP contribution is 2.36. The minimum atomic E-state index is -0.569. The summed E-state index contributed by atoms with van der Waals surface area (Å²) >= 11 is 1.32. The zero-order chi connectivity index (χ0) is 18.1. The number of carbonyl (C=O) groups is 2. The van der Waals surface area contributed by atoms with Crippen molar-refractivity contribution in [2.75, 3.05) is 7.11 Å². The van der Waals surface area contributed by atoms with Gasteiger partial charge in [0.2, 0.25) is 0 Å². The number of hydrogen-bond acceptors (Lipinski definition) is 6. The average molecular weight is 350 g/mol. The number of ether oxygens (including phenoxy) is 2. The molecule has 1 N–H and O–H groups in total. The molecule has 1 aromatic heterocycles. The topological polar surface area (TPSA) is 72.8 Å². The van der Waals surface area contributed by atoms with Gasteiger partial charge in [-0.1, -0.05) is 6.92 Å². The third-order valence-electron chi connectivity index (χ3n) is 3.39. The number of esters is 1. The van der Waals surface area contributed by atoms with Crippen molar-refractivity contribution in [1.29, 1.82) is 0 Å². The van der Waals surface area contributed by atoms with Crippen LogP contribution in [0.2, 0.25) is 0 Å². The lowest BCUT2D eigenvalue weighted by molar-refractivity contribution is -0.159. The van der Waals surface area contributed by atoms with Crippen molar-refractivity contribution in [3.63, 3.8) is 0 Å². The van der Waals surface area contributed by atoms with Gasteiger partial charge < -0.3 is 14.6 Å². The number of rotatable bonds is 5. The summed E-state index contributed by atoms with van der Waals surface area (Å²) in [5.74, 6) is -0.608. The Hall–Kier alpha value is -2.08. The Labute approximate surface area is 145 Å². The van der Waals surface area contributed by atoms with Crippen molar-refractivity contribution in [3.05, 3.63) is 23.1 Å². The number of thiophene rings is 1. The second-order valence-electron chi connectivity index (χ2n) is 6.73. The Kier molecular flexibility index (Phi) is 5.18. The molecule has 5 nitrogen and oxygen atoms in total. The average Bonchev–Trinajstić information content (AvgIpc) is 2.87. The number of fused-ring (bicyclic) bond motifs is 1. The van der Waals surface area contributed by atoms with Gasteiger partial charge in [-0.25, -0.2) is 0 Å². The molecule has 24 heavy (non-hydrogen) atoms. The van der Waals surface area contributed by atoms with Crippen molar-refractivity contribution in [2.24, 2.45) is 5.92 Å². The molecule has 0 aliphatic heterocycles. The second-order valence-corrected chi connectivity index (χ2v) is 7.82. The molecule has 1 heterocycles. The Bertz CT molecular complexity index is 770. The third kappa shape index (κ3) is 4.26. The summed E-state index contributed by atoms with van der Waals surface area (Å²) in [6, 6.07) is 4.99. The fourth-order valence-corrected chi connectivity index (χ4v) is 3.24. The van der Waals surface area contributed by atoms with E-state index in [0.29, 0.717) is 10.6 Å². The van der Waals surface area contributed by atoms with E-state index in [4.69, 9.17) is 9.47 Å². The highest BCUT2D eigenvalue weighted by Gasteiger charge is 2.25. The molecule has 0 radical (unpaired) electrons. The van der Waals surface area contributed by atoms with Crippen LogP contribution in [0.4, 0.5) is 0 Å². The number of aromatic hydroxyl groups is 1. The maximum Gasteiger partial charge on any atom is 0.309 e. The first-order valence-electron chi connectivity index (χ1n) is 7.67. The van der Waals surface area contributed by atoms with Crippen LogP contribution >= 0.6 is 11.3 Å². The fraction of sp³-hybridized carbons (Fsp3) is 0.444. The zero-order valence-corrected chi connectivity index (χ0v) is 15.3. The maximum atomic E-state index is 12.4. The molecule has 0 saturated carbocycles. The summed E-state index contributed by atoms with van der Waals surface area (Å²) in [6.07, 6.45) is 0.0881. The van der Waals surface area contributed by atoms with Gasteiger partial charge in [0.1, 0.15) is 5.60 Å². The molecule has 2 rings (SSSR count). The van der Waals surface area contributed by atoms with Crippen LogP contribution in [0.1, 0.15) is 43.8 Å². The molecule has 0 saturated heterocycles. The first-order valence-corrected chi connectivity index (χ1v) is 8.49. The summed E-state index contributed by atoms with van der Waals surface area (Å²) in [4.78, 5) is 25.0. The molecular weight excluding hydrogens is 328 g/mol. The monoisotopic (exact) mass is 350 g/mol. The van der Waals surface area contributed by atoms with Gasteiger partial charge in [0.15, 0.2) is 17.3 Å². The maximum absolute atomic E-state index is 12.4. The predicted molar refractivity (Wildman–Crippen MR) is 94.0 cm³/mol. The molecule has 130 valence electrons.